The van der Waals surface area contributed by atoms with Gasteiger partial charge in [-0.15, -0.1) is 0 Å². The van der Waals surface area contributed by atoms with Gasteiger partial charge in [0.05, 0.1) is 19.2 Å². The van der Waals surface area contributed by atoms with Crippen molar-refractivity contribution in [2.24, 2.45) is 0 Å². The maximum atomic E-state index is 12.4. The number of hydrogen-bond donors (Lipinski definition) is 0. The van der Waals surface area contributed by atoms with Crippen LogP contribution in [0.2, 0.25) is 5.15 Å². The van der Waals surface area contributed by atoms with E-state index >= 15 is 0 Å². The zero-order valence-corrected chi connectivity index (χ0v) is 12.1. The van der Waals surface area contributed by atoms with E-state index in [1.807, 2.05) is 13.0 Å². The Morgan fingerprint density at radius 1 is 1.65 bits per heavy atom. The van der Waals surface area contributed by atoms with Crippen molar-refractivity contribution >= 4 is 17.5 Å². The molecule has 0 aliphatic carbocycles. The van der Waals surface area contributed by atoms with Gasteiger partial charge in [0, 0.05) is 17.8 Å². The van der Waals surface area contributed by atoms with Crippen molar-refractivity contribution in [2.75, 3.05) is 19.7 Å². The third kappa shape index (κ3) is 3.47. The van der Waals surface area contributed by atoms with Crippen LogP contribution in [0, 0.1) is 11.3 Å². The summed E-state index contributed by atoms with van der Waals surface area (Å²) in [5.41, 5.74) is 1.33. The Hall–Kier alpha value is -1.64. The Morgan fingerprint density at radius 3 is 3.15 bits per heavy atom. The highest BCUT2D eigenvalue weighted by molar-refractivity contribution is 6.29. The number of rotatable bonds is 3. The van der Waals surface area contributed by atoms with Gasteiger partial charge < -0.3 is 9.64 Å². The van der Waals surface area contributed by atoms with Gasteiger partial charge in [-0.2, -0.15) is 5.26 Å². The summed E-state index contributed by atoms with van der Waals surface area (Å²) in [6, 6.07) is 5.37. The number of pyridine rings is 1. The molecule has 6 heteroatoms. The molecule has 1 aliphatic heterocycles. The maximum absolute atomic E-state index is 12.4. The van der Waals surface area contributed by atoms with Crippen molar-refractivity contribution in [2.45, 2.75) is 25.9 Å². The highest BCUT2D eigenvalue weighted by atomic mass is 35.5. The topological polar surface area (TPSA) is 66.2 Å². The molecule has 0 saturated carbocycles. The Morgan fingerprint density at radius 2 is 2.45 bits per heavy atom. The van der Waals surface area contributed by atoms with Crippen molar-refractivity contribution in [3.8, 4) is 6.07 Å². The van der Waals surface area contributed by atoms with Crippen molar-refractivity contribution in [1.82, 2.24) is 9.88 Å². The number of amides is 1. The number of aromatic nitrogens is 1. The van der Waals surface area contributed by atoms with Gasteiger partial charge in [0.25, 0.3) is 5.91 Å². The summed E-state index contributed by atoms with van der Waals surface area (Å²) < 4.78 is 5.24. The second-order valence-corrected chi connectivity index (χ2v) is 5.05. The first-order chi connectivity index (χ1) is 9.63. The molecule has 0 aromatic carbocycles. The van der Waals surface area contributed by atoms with Crippen LogP contribution in [0.25, 0.3) is 0 Å². The normalized spacial score (nSPS) is 18.6. The number of ether oxygens (including phenoxy) is 1. The molecule has 2 rings (SSSR count). The van der Waals surface area contributed by atoms with Crippen LogP contribution in [0.3, 0.4) is 0 Å². The molecule has 1 atom stereocenters. The van der Waals surface area contributed by atoms with E-state index in [9.17, 15) is 4.79 Å². The van der Waals surface area contributed by atoms with Crippen LogP contribution in [0.4, 0.5) is 0 Å². The zero-order valence-electron chi connectivity index (χ0n) is 11.3. The second kappa shape index (κ2) is 6.69. The predicted molar refractivity (Wildman–Crippen MR) is 74.5 cm³/mol. The number of carbonyl (C=O) groups excluding carboxylic acids is 1. The molecule has 20 heavy (non-hydrogen) atoms. The van der Waals surface area contributed by atoms with Crippen molar-refractivity contribution < 1.29 is 9.53 Å². The summed E-state index contributed by atoms with van der Waals surface area (Å²) in [7, 11) is 0. The number of hydrogen-bond acceptors (Lipinski definition) is 4. The van der Waals surface area contributed by atoms with Gasteiger partial charge in [-0.3, -0.25) is 4.79 Å². The number of nitriles is 1. The van der Waals surface area contributed by atoms with Crippen molar-refractivity contribution in [1.29, 1.82) is 5.26 Å². The fourth-order valence-corrected chi connectivity index (χ4v) is 2.38. The lowest BCUT2D eigenvalue weighted by Crippen LogP contribution is -2.45. The third-order valence-corrected chi connectivity index (χ3v) is 3.29. The number of nitrogens with zero attached hydrogens (tertiary/aromatic N) is 3. The fraction of sp³-hybridized carbons (Fsp3) is 0.500. The lowest BCUT2D eigenvalue weighted by Gasteiger charge is -2.29. The molecule has 0 N–H and O–H groups in total. The van der Waals surface area contributed by atoms with E-state index in [2.05, 4.69) is 4.98 Å². The van der Waals surface area contributed by atoms with Gasteiger partial charge >= 0.3 is 0 Å². The number of aryl methyl sites for hydroxylation is 1. The van der Waals surface area contributed by atoms with Gasteiger partial charge in [-0.25, -0.2) is 4.98 Å². The largest absolute Gasteiger partial charge is 0.360 e. The monoisotopic (exact) mass is 293 g/mol. The molecule has 1 aliphatic rings. The SMILES string of the molecule is CCCc1cc(C(=O)N2CCOC(C#N)C2)cc(Cl)n1. The highest BCUT2D eigenvalue weighted by Gasteiger charge is 2.25. The second-order valence-electron chi connectivity index (χ2n) is 4.66. The smallest absolute Gasteiger partial charge is 0.254 e. The first kappa shape index (κ1) is 14.8. The minimum atomic E-state index is -0.555. The molecule has 1 amide bonds. The molecule has 5 nitrogen and oxygen atoms in total. The quantitative estimate of drug-likeness (QED) is 0.800. The Balaban J connectivity index is 2.18. The van der Waals surface area contributed by atoms with E-state index < -0.39 is 6.10 Å². The summed E-state index contributed by atoms with van der Waals surface area (Å²) in [4.78, 5) is 18.3. The van der Waals surface area contributed by atoms with Crippen molar-refractivity contribution in [3.63, 3.8) is 0 Å². The van der Waals surface area contributed by atoms with Gasteiger partial charge in [0.2, 0.25) is 0 Å². The summed E-state index contributed by atoms with van der Waals surface area (Å²) in [6.45, 7) is 3.20. The van der Waals surface area contributed by atoms with E-state index in [0.29, 0.717) is 30.4 Å². The van der Waals surface area contributed by atoms with Gasteiger partial charge in [-0.05, 0) is 18.6 Å². The average molecular weight is 294 g/mol. The lowest BCUT2D eigenvalue weighted by atomic mass is 10.1. The molecule has 1 aromatic rings. The van der Waals surface area contributed by atoms with E-state index in [4.69, 9.17) is 21.6 Å². The molecule has 0 spiro atoms. The van der Waals surface area contributed by atoms with Crippen LogP contribution in [-0.4, -0.2) is 41.6 Å². The predicted octanol–water partition coefficient (Wildman–Crippen LogP) is 2.05. The standard InChI is InChI=1S/C14H16ClN3O2/c1-2-3-11-6-10(7-13(15)17-11)14(19)18-4-5-20-12(8-16)9-18/h6-7,12H,2-5,9H2,1H3. The number of carbonyl (C=O) groups is 1. The van der Waals surface area contributed by atoms with Crippen molar-refractivity contribution in [3.05, 3.63) is 28.5 Å². The van der Waals surface area contributed by atoms with E-state index in [0.717, 1.165) is 18.5 Å². The minimum Gasteiger partial charge on any atom is -0.360 e. The highest BCUT2D eigenvalue weighted by Crippen LogP contribution is 2.16. The minimum absolute atomic E-state index is 0.129. The molecule has 106 valence electrons. The Kier molecular flexibility index (Phi) is 4.94. The summed E-state index contributed by atoms with van der Waals surface area (Å²) in [6.07, 6.45) is 1.17. The molecule has 1 unspecified atom stereocenters. The Labute approximate surface area is 123 Å². The fourth-order valence-electron chi connectivity index (χ4n) is 2.15. The van der Waals surface area contributed by atoms with Gasteiger partial charge in [0.15, 0.2) is 6.10 Å². The average Bonchev–Trinajstić information content (AvgIpc) is 2.46. The number of halogens is 1. The van der Waals surface area contributed by atoms with Crippen LogP contribution < -0.4 is 0 Å². The van der Waals surface area contributed by atoms with Gasteiger partial charge in [-0.1, -0.05) is 24.9 Å². The van der Waals surface area contributed by atoms with E-state index in [1.54, 1.807) is 17.0 Å². The first-order valence-electron chi connectivity index (χ1n) is 6.61. The first-order valence-corrected chi connectivity index (χ1v) is 6.98. The summed E-state index contributed by atoms with van der Waals surface area (Å²) >= 11 is 5.97. The summed E-state index contributed by atoms with van der Waals surface area (Å²) in [5, 5.41) is 9.20. The lowest BCUT2D eigenvalue weighted by molar-refractivity contribution is 0.00346. The van der Waals surface area contributed by atoms with Crippen LogP contribution in [0.1, 0.15) is 29.4 Å². The molecular formula is C14H16ClN3O2. The van der Waals surface area contributed by atoms with E-state index in [-0.39, 0.29) is 5.91 Å². The molecule has 1 fully saturated rings. The van der Waals surface area contributed by atoms with Crippen LogP contribution in [0.5, 0.6) is 0 Å². The molecular weight excluding hydrogens is 278 g/mol. The molecule has 2 heterocycles. The molecule has 0 radical (unpaired) electrons. The summed E-state index contributed by atoms with van der Waals surface area (Å²) in [5.74, 6) is -0.129. The Bertz CT molecular complexity index is 542. The maximum Gasteiger partial charge on any atom is 0.254 e. The van der Waals surface area contributed by atoms with E-state index in [1.165, 1.54) is 0 Å². The third-order valence-electron chi connectivity index (χ3n) is 3.10. The van der Waals surface area contributed by atoms with Crippen LogP contribution >= 0.6 is 11.6 Å². The van der Waals surface area contributed by atoms with Gasteiger partial charge in [0.1, 0.15) is 5.15 Å². The van der Waals surface area contributed by atoms with Crippen LogP contribution in [-0.2, 0) is 11.2 Å². The number of morpholine rings is 1. The zero-order chi connectivity index (χ0) is 14.5. The van der Waals surface area contributed by atoms with Crippen LogP contribution in [0.15, 0.2) is 12.1 Å². The molecule has 1 aromatic heterocycles. The molecule has 1 saturated heterocycles. The molecule has 0 bridgehead atoms.